The number of rotatable bonds is 10. The van der Waals surface area contributed by atoms with Gasteiger partial charge in [0.05, 0.1) is 0 Å². The second-order valence-corrected chi connectivity index (χ2v) is 8.72. The minimum absolute atomic E-state index is 0.0364. The SMILES string of the molecule is O=C(O)CNc1nc(NCC(=O)O)c(Cl)c(Oc2cc(-c3ccccc3)c(O)c(-c3ccccc3)c2)c1Cl. The van der Waals surface area contributed by atoms with E-state index in [2.05, 4.69) is 15.6 Å². The molecule has 194 valence electrons. The number of pyridine rings is 1. The molecule has 0 fully saturated rings. The maximum absolute atomic E-state index is 11.2. The van der Waals surface area contributed by atoms with Crippen molar-refractivity contribution in [2.75, 3.05) is 23.7 Å². The van der Waals surface area contributed by atoms with E-state index in [-0.39, 0.29) is 38.9 Å². The van der Waals surface area contributed by atoms with Gasteiger partial charge in [0.1, 0.15) is 34.6 Å². The average Bonchev–Trinajstić information content (AvgIpc) is 2.91. The van der Waals surface area contributed by atoms with E-state index < -0.39 is 25.0 Å². The Hall–Kier alpha value is -4.47. The van der Waals surface area contributed by atoms with Crippen LogP contribution in [0.25, 0.3) is 22.3 Å². The van der Waals surface area contributed by atoms with Crippen molar-refractivity contribution in [3.8, 4) is 39.5 Å². The molecule has 1 aromatic heterocycles. The molecule has 0 spiro atoms. The number of carboxylic acids is 2. The van der Waals surface area contributed by atoms with Gasteiger partial charge in [-0.05, 0) is 23.3 Å². The summed E-state index contributed by atoms with van der Waals surface area (Å²) in [7, 11) is 0. The van der Waals surface area contributed by atoms with Gasteiger partial charge in [-0.3, -0.25) is 9.59 Å². The summed E-state index contributed by atoms with van der Waals surface area (Å²) in [6.07, 6.45) is 0. The number of aromatic nitrogens is 1. The van der Waals surface area contributed by atoms with Crippen LogP contribution in [0.2, 0.25) is 10.0 Å². The molecule has 1 heterocycles. The number of hydrogen-bond donors (Lipinski definition) is 5. The molecule has 0 bridgehead atoms. The molecule has 4 rings (SSSR count). The monoisotopic (exact) mass is 553 g/mol. The Balaban J connectivity index is 1.86. The number of ether oxygens (including phenoxy) is 1. The number of carboxylic acid groups (broad SMARTS) is 2. The normalized spacial score (nSPS) is 10.6. The van der Waals surface area contributed by atoms with E-state index in [1.165, 1.54) is 0 Å². The fourth-order valence-electron chi connectivity index (χ4n) is 3.62. The van der Waals surface area contributed by atoms with E-state index >= 15 is 0 Å². The summed E-state index contributed by atoms with van der Waals surface area (Å²) in [4.78, 5) is 26.3. The van der Waals surface area contributed by atoms with Crippen LogP contribution in [0.1, 0.15) is 0 Å². The summed E-state index contributed by atoms with van der Waals surface area (Å²) in [5.74, 6) is -2.29. The van der Waals surface area contributed by atoms with Crippen LogP contribution in [0.5, 0.6) is 17.2 Å². The fourth-order valence-corrected chi connectivity index (χ4v) is 4.16. The number of phenols is 1. The number of aliphatic carboxylic acids is 2. The van der Waals surface area contributed by atoms with Gasteiger partial charge in [-0.25, -0.2) is 4.98 Å². The topological polar surface area (TPSA) is 141 Å². The highest BCUT2D eigenvalue weighted by Gasteiger charge is 2.22. The van der Waals surface area contributed by atoms with Crippen LogP contribution in [0.4, 0.5) is 11.6 Å². The van der Waals surface area contributed by atoms with Crippen LogP contribution < -0.4 is 15.4 Å². The molecule has 0 aliphatic rings. The van der Waals surface area contributed by atoms with E-state index in [4.69, 9.17) is 38.2 Å². The number of anilines is 2. The Labute approximate surface area is 227 Å². The average molecular weight is 554 g/mol. The molecule has 0 aliphatic heterocycles. The first kappa shape index (κ1) is 26.6. The lowest BCUT2D eigenvalue weighted by Gasteiger charge is -2.18. The van der Waals surface area contributed by atoms with Crippen LogP contribution in [0.15, 0.2) is 72.8 Å². The summed E-state index contributed by atoms with van der Waals surface area (Å²) in [6, 6.07) is 21.6. The first-order chi connectivity index (χ1) is 18.2. The van der Waals surface area contributed by atoms with Gasteiger partial charge < -0.3 is 30.7 Å². The summed E-state index contributed by atoms with van der Waals surface area (Å²) >= 11 is 13.0. The standard InChI is InChI=1S/C27H21Cl2N3O6/c28-22-25(23(29)27(31-14-21(35)36)32-26(22)30-13-20(33)34)38-17-11-18(15-7-3-1-4-8-15)24(37)19(12-17)16-9-5-2-6-10-16/h1-12,37H,13-14H2,(H,33,34)(H,35,36)(H2,30,31,32). The predicted molar refractivity (Wildman–Crippen MR) is 146 cm³/mol. The smallest absolute Gasteiger partial charge is 0.322 e. The Morgan fingerprint density at radius 3 is 1.58 bits per heavy atom. The van der Waals surface area contributed by atoms with Crippen molar-refractivity contribution in [3.05, 3.63) is 82.8 Å². The molecule has 0 saturated heterocycles. The quantitative estimate of drug-likeness (QED) is 0.155. The summed E-state index contributed by atoms with van der Waals surface area (Å²) < 4.78 is 6.12. The number of benzene rings is 3. The van der Waals surface area contributed by atoms with E-state index in [0.717, 1.165) is 11.1 Å². The second kappa shape index (κ2) is 11.7. The van der Waals surface area contributed by atoms with Crippen molar-refractivity contribution in [1.29, 1.82) is 0 Å². The van der Waals surface area contributed by atoms with Crippen LogP contribution in [-0.4, -0.2) is 45.3 Å². The van der Waals surface area contributed by atoms with Crippen LogP contribution >= 0.6 is 23.2 Å². The number of aromatic hydroxyl groups is 1. The molecule has 0 radical (unpaired) electrons. The van der Waals surface area contributed by atoms with Crippen LogP contribution in [-0.2, 0) is 9.59 Å². The van der Waals surface area contributed by atoms with Gasteiger partial charge in [0, 0.05) is 11.1 Å². The Kier molecular flexibility index (Phi) is 8.20. The van der Waals surface area contributed by atoms with E-state index in [1.54, 1.807) is 12.1 Å². The molecule has 4 aromatic rings. The van der Waals surface area contributed by atoms with E-state index in [9.17, 15) is 14.7 Å². The zero-order chi connectivity index (χ0) is 27.2. The van der Waals surface area contributed by atoms with Gasteiger partial charge in [0.25, 0.3) is 0 Å². The molecule has 0 unspecified atom stereocenters. The number of halogens is 2. The molecular formula is C27H21Cl2N3O6. The van der Waals surface area contributed by atoms with Crippen molar-refractivity contribution in [2.45, 2.75) is 0 Å². The zero-order valence-electron chi connectivity index (χ0n) is 19.6. The molecule has 0 aliphatic carbocycles. The van der Waals surface area contributed by atoms with Crippen molar-refractivity contribution >= 4 is 46.8 Å². The van der Waals surface area contributed by atoms with Gasteiger partial charge >= 0.3 is 11.9 Å². The predicted octanol–water partition coefficient (Wildman–Crippen LogP) is 6.21. The molecule has 3 aromatic carbocycles. The molecule has 38 heavy (non-hydrogen) atoms. The molecule has 0 amide bonds. The summed E-state index contributed by atoms with van der Waals surface area (Å²) in [5.41, 5.74) is 2.42. The van der Waals surface area contributed by atoms with E-state index in [1.807, 2.05) is 60.7 Å². The maximum Gasteiger partial charge on any atom is 0.322 e. The number of phenolic OH excluding ortho intramolecular Hbond substituents is 1. The Bertz CT molecular complexity index is 1380. The van der Waals surface area contributed by atoms with Crippen molar-refractivity contribution in [1.82, 2.24) is 4.98 Å². The molecule has 0 saturated carbocycles. The molecular weight excluding hydrogens is 533 g/mol. The largest absolute Gasteiger partial charge is 0.507 e. The highest BCUT2D eigenvalue weighted by atomic mass is 35.5. The van der Waals surface area contributed by atoms with Gasteiger partial charge in [-0.1, -0.05) is 83.9 Å². The fraction of sp³-hybridized carbons (Fsp3) is 0.0741. The summed E-state index contributed by atoms with van der Waals surface area (Å²) in [5, 5.41) is 34.2. The first-order valence-corrected chi connectivity index (χ1v) is 12.0. The highest BCUT2D eigenvalue weighted by Crippen LogP contribution is 2.47. The minimum Gasteiger partial charge on any atom is -0.507 e. The third-order valence-corrected chi connectivity index (χ3v) is 6.03. The lowest BCUT2D eigenvalue weighted by molar-refractivity contribution is -0.135. The minimum atomic E-state index is -1.17. The second-order valence-electron chi connectivity index (χ2n) is 7.96. The maximum atomic E-state index is 11.2. The van der Waals surface area contributed by atoms with Crippen molar-refractivity contribution in [3.63, 3.8) is 0 Å². The number of hydrogen-bond acceptors (Lipinski definition) is 7. The zero-order valence-corrected chi connectivity index (χ0v) is 21.1. The number of nitrogens with one attached hydrogen (secondary N) is 2. The number of nitrogens with zero attached hydrogens (tertiary/aromatic N) is 1. The number of carbonyl (C=O) groups is 2. The molecule has 11 heteroatoms. The van der Waals surface area contributed by atoms with Crippen LogP contribution in [0.3, 0.4) is 0 Å². The molecule has 5 N–H and O–H groups in total. The Morgan fingerprint density at radius 2 is 1.18 bits per heavy atom. The first-order valence-electron chi connectivity index (χ1n) is 11.2. The molecule has 0 atom stereocenters. The third-order valence-electron chi connectivity index (χ3n) is 5.33. The molecule has 9 nitrogen and oxygen atoms in total. The highest BCUT2D eigenvalue weighted by molar-refractivity contribution is 6.40. The third kappa shape index (κ3) is 6.08. The lowest BCUT2D eigenvalue weighted by atomic mass is 9.97. The van der Waals surface area contributed by atoms with Crippen molar-refractivity contribution < 1.29 is 29.6 Å². The van der Waals surface area contributed by atoms with Gasteiger partial charge in [-0.15, -0.1) is 0 Å². The van der Waals surface area contributed by atoms with E-state index in [0.29, 0.717) is 11.1 Å². The van der Waals surface area contributed by atoms with Crippen LogP contribution in [0, 0.1) is 0 Å². The summed E-state index contributed by atoms with van der Waals surface area (Å²) in [6.45, 7) is -1.02. The van der Waals surface area contributed by atoms with Gasteiger partial charge in [-0.2, -0.15) is 0 Å². The van der Waals surface area contributed by atoms with Crippen molar-refractivity contribution in [2.24, 2.45) is 0 Å². The van der Waals surface area contributed by atoms with Gasteiger partial charge in [0.2, 0.25) is 0 Å². The van der Waals surface area contributed by atoms with Gasteiger partial charge in [0.15, 0.2) is 17.4 Å². The lowest BCUT2D eigenvalue weighted by Crippen LogP contribution is -2.17. The Morgan fingerprint density at radius 1 is 0.763 bits per heavy atom.